The van der Waals surface area contributed by atoms with Gasteiger partial charge in [-0.25, -0.2) is 0 Å². The van der Waals surface area contributed by atoms with Crippen LogP contribution in [-0.4, -0.2) is 47.8 Å². The predicted octanol–water partition coefficient (Wildman–Crippen LogP) is 2.62. The van der Waals surface area contributed by atoms with Gasteiger partial charge in [-0.1, -0.05) is 30.3 Å². The molecule has 1 heterocycles. The fourth-order valence-corrected chi connectivity index (χ4v) is 2.46. The Morgan fingerprint density at radius 2 is 2.00 bits per heavy atom. The summed E-state index contributed by atoms with van der Waals surface area (Å²) in [6.07, 6.45) is 3.46. The largest absolute Gasteiger partial charge is 0.484 e. The Morgan fingerprint density at radius 1 is 1.20 bits per heavy atom. The lowest BCUT2D eigenvalue weighted by atomic mass is 10.1. The maximum atomic E-state index is 12.0. The SMILES string of the molecule is CN(C)CCn1cc(NC(=O)COc2ccc3ccccc3c2)cn1. The third-order valence-electron chi connectivity index (χ3n) is 3.78. The van der Waals surface area contributed by atoms with Gasteiger partial charge in [0, 0.05) is 12.7 Å². The van der Waals surface area contributed by atoms with Crippen LogP contribution in [0.3, 0.4) is 0 Å². The summed E-state index contributed by atoms with van der Waals surface area (Å²) in [4.78, 5) is 14.1. The smallest absolute Gasteiger partial charge is 0.262 e. The van der Waals surface area contributed by atoms with Gasteiger partial charge in [0.25, 0.3) is 5.91 Å². The number of likely N-dealkylation sites (N-methyl/N-ethyl adjacent to an activating group) is 1. The lowest BCUT2D eigenvalue weighted by Gasteiger charge is -2.09. The lowest BCUT2D eigenvalue weighted by Crippen LogP contribution is -2.20. The highest BCUT2D eigenvalue weighted by molar-refractivity contribution is 5.91. The quantitative estimate of drug-likeness (QED) is 0.719. The molecule has 1 N–H and O–H groups in total. The Balaban J connectivity index is 1.52. The van der Waals surface area contributed by atoms with Crippen LogP contribution in [0.25, 0.3) is 10.8 Å². The summed E-state index contributed by atoms with van der Waals surface area (Å²) in [7, 11) is 4.02. The van der Waals surface area contributed by atoms with Crippen LogP contribution in [0.5, 0.6) is 5.75 Å². The van der Waals surface area contributed by atoms with Crippen LogP contribution in [0.4, 0.5) is 5.69 Å². The van der Waals surface area contributed by atoms with Gasteiger partial charge in [0.05, 0.1) is 18.4 Å². The Morgan fingerprint density at radius 3 is 2.80 bits per heavy atom. The van der Waals surface area contributed by atoms with E-state index >= 15 is 0 Å². The van der Waals surface area contributed by atoms with Gasteiger partial charge in [-0.3, -0.25) is 9.48 Å². The maximum absolute atomic E-state index is 12.0. The van der Waals surface area contributed by atoms with Crippen LogP contribution in [0.1, 0.15) is 0 Å². The second kappa shape index (κ2) is 7.81. The van der Waals surface area contributed by atoms with Gasteiger partial charge in [0.2, 0.25) is 0 Å². The second-order valence-electron chi connectivity index (χ2n) is 6.14. The minimum atomic E-state index is -0.208. The summed E-state index contributed by atoms with van der Waals surface area (Å²) < 4.78 is 7.39. The molecule has 0 unspecified atom stereocenters. The molecule has 6 heteroatoms. The van der Waals surface area contributed by atoms with E-state index < -0.39 is 0 Å². The number of nitrogens with zero attached hydrogens (tertiary/aromatic N) is 3. The monoisotopic (exact) mass is 338 g/mol. The number of aromatic nitrogens is 2. The van der Waals surface area contributed by atoms with Crippen molar-refractivity contribution >= 4 is 22.4 Å². The molecule has 1 amide bonds. The first kappa shape index (κ1) is 17.0. The van der Waals surface area contributed by atoms with Crippen molar-refractivity contribution in [2.75, 3.05) is 32.6 Å². The van der Waals surface area contributed by atoms with E-state index in [0.29, 0.717) is 11.4 Å². The molecule has 25 heavy (non-hydrogen) atoms. The highest BCUT2D eigenvalue weighted by Gasteiger charge is 2.06. The Hall–Kier alpha value is -2.86. The summed E-state index contributed by atoms with van der Waals surface area (Å²) >= 11 is 0. The van der Waals surface area contributed by atoms with Crippen molar-refractivity contribution in [1.82, 2.24) is 14.7 Å². The third kappa shape index (κ3) is 4.81. The van der Waals surface area contributed by atoms with E-state index in [1.807, 2.05) is 62.8 Å². The van der Waals surface area contributed by atoms with Gasteiger partial charge < -0.3 is 15.0 Å². The molecule has 0 fully saturated rings. The number of nitrogens with one attached hydrogen (secondary N) is 1. The second-order valence-corrected chi connectivity index (χ2v) is 6.14. The van der Waals surface area contributed by atoms with Crippen molar-refractivity contribution in [2.45, 2.75) is 6.54 Å². The molecule has 0 radical (unpaired) electrons. The van der Waals surface area contributed by atoms with Gasteiger partial charge in [-0.15, -0.1) is 0 Å². The van der Waals surface area contributed by atoms with E-state index in [1.54, 1.807) is 10.9 Å². The minimum Gasteiger partial charge on any atom is -0.484 e. The zero-order valence-electron chi connectivity index (χ0n) is 14.5. The number of carbonyl (C=O) groups excluding carboxylic acids is 1. The van der Waals surface area contributed by atoms with E-state index in [4.69, 9.17) is 4.74 Å². The van der Waals surface area contributed by atoms with Gasteiger partial charge >= 0.3 is 0 Å². The van der Waals surface area contributed by atoms with E-state index in [9.17, 15) is 4.79 Å². The minimum absolute atomic E-state index is 0.0405. The molecule has 0 atom stereocenters. The highest BCUT2D eigenvalue weighted by atomic mass is 16.5. The summed E-state index contributed by atoms with van der Waals surface area (Å²) in [6.45, 7) is 1.62. The van der Waals surface area contributed by atoms with E-state index in [1.165, 1.54) is 0 Å². The summed E-state index contributed by atoms with van der Waals surface area (Å²) in [6, 6.07) is 13.8. The zero-order valence-corrected chi connectivity index (χ0v) is 14.5. The standard InChI is InChI=1S/C19H22N4O2/c1-22(2)9-10-23-13-17(12-20-23)21-19(24)14-25-18-8-7-15-5-3-4-6-16(15)11-18/h3-8,11-13H,9-10,14H2,1-2H3,(H,21,24). The molecular weight excluding hydrogens is 316 g/mol. The van der Waals surface area contributed by atoms with Gasteiger partial charge in [0.15, 0.2) is 6.61 Å². The van der Waals surface area contributed by atoms with Crippen molar-refractivity contribution in [3.8, 4) is 5.75 Å². The summed E-state index contributed by atoms with van der Waals surface area (Å²) in [5, 5.41) is 9.25. The Kier molecular flexibility index (Phi) is 5.30. The van der Waals surface area contributed by atoms with Gasteiger partial charge in [0.1, 0.15) is 5.75 Å². The fourth-order valence-electron chi connectivity index (χ4n) is 2.46. The summed E-state index contributed by atoms with van der Waals surface area (Å²) in [5.74, 6) is 0.468. The molecule has 0 spiro atoms. The summed E-state index contributed by atoms with van der Waals surface area (Å²) in [5.41, 5.74) is 0.672. The first-order chi connectivity index (χ1) is 12.1. The number of amides is 1. The van der Waals surface area contributed by atoms with Crippen LogP contribution >= 0.6 is 0 Å². The van der Waals surface area contributed by atoms with Crippen molar-refractivity contribution in [2.24, 2.45) is 0 Å². The van der Waals surface area contributed by atoms with Gasteiger partial charge in [-0.2, -0.15) is 5.10 Å². The third-order valence-corrected chi connectivity index (χ3v) is 3.78. The van der Waals surface area contributed by atoms with Crippen molar-refractivity contribution in [3.05, 3.63) is 54.9 Å². The molecule has 130 valence electrons. The number of rotatable bonds is 7. The highest BCUT2D eigenvalue weighted by Crippen LogP contribution is 2.20. The molecule has 0 bridgehead atoms. The first-order valence-corrected chi connectivity index (χ1v) is 8.19. The van der Waals surface area contributed by atoms with E-state index in [2.05, 4.69) is 15.3 Å². The van der Waals surface area contributed by atoms with Crippen LogP contribution in [0.2, 0.25) is 0 Å². The zero-order chi connectivity index (χ0) is 17.6. The van der Waals surface area contributed by atoms with Crippen molar-refractivity contribution in [1.29, 1.82) is 0 Å². The van der Waals surface area contributed by atoms with Crippen molar-refractivity contribution in [3.63, 3.8) is 0 Å². The molecule has 3 aromatic rings. The molecule has 2 aromatic carbocycles. The van der Waals surface area contributed by atoms with E-state index in [0.717, 1.165) is 23.9 Å². The fraction of sp³-hybridized carbons (Fsp3) is 0.263. The van der Waals surface area contributed by atoms with Gasteiger partial charge in [-0.05, 0) is 37.0 Å². The molecule has 0 saturated carbocycles. The number of hydrogen-bond acceptors (Lipinski definition) is 4. The molecule has 0 aliphatic rings. The molecule has 3 rings (SSSR count). The number of anilines is 1. The topological polar surface area (TPSA) is 59.4 Å². The number of fused-ring (bicyclic) bond motifs is 1. The average molecular weight is 338 g/mol. The number of hydrogen-bond donors (Lipinski definition) is 1. The molecule has 0 aliphatic heterocycles. The Labute approximate surface area is 147 Å². The Bertz CT molecular complexity index is 857. The molecule has 6 nitrogen and oxygen atoms in total. The van der Waals surface area contributed by atoms with Crippen LogP contribution in [-0.2, 0) is 11.3 Å². The van der Waals surface area contributed by atoms with Crippen LogP contribution in [0, 0.1) is 0 Å². The van der Waals surface area contributed by atoms with Crippen LogP contribution < -0.4 is 10.1 Å². The lowest BCUT2D eigenvalue weighted by molar-refractivity contribution is -0.118. The molecule has 0 saturated heterocycles. The molecule has 0 aliphatic carbocycles. The number of ether oxygens (including phenoxy) is 1. The molecule has 1 aromatic heterocycles. The number of carbonyl (C=O) groups is 1. The van der Waals surface area contributed by atoms with Crippen LogP contribution in [0.15, 0.2) is 54.9 Å². The van der Waals surface area contributed by atoms with Crippen molar-refractivity contribution < 1.29 is 9.53 Å². The number of benzene rings is 2. The average Bonchev–Trinajstić information content (AvgIpc) is 3.05. The molecular formula is C19H22N4O2. The normalized spacial score (nSPS) is 11.0. The predicted molar refractivity (Wildman–Crippen MR) is 98.9 cm³/mol. The maximum Gasteiger partial charge on any atom is 0.262 e. The first-order valence-electron chi connectivity index (χ1n) is 8.19. The van der Waals surface area contributed by atoms with E-state index in [-0.39, 0.29) is 12.5 Å².